The van der Waals surface area contributed by atoms with Gasteiger partial charge in [0.15, 0.2) is 23.3 Å². The van der Waals surface area contributed by atoms with Crippen molar-refractivity contribution < 1.29 is 31.8 Å². The Morgan fingerprint density at radius 2 is 1.62 bits per heavy atom. The second-order valence-corrected chi connectivity index (χ2v) is 5.90. The standard InChI is InChI=1S/C19H8F5N3O2/c20-13-11(8-3-2-6-25-7-8)14(21)16(23)12(15(13)22)18-26-10-5-1-4-9(17(10)27-18)19(28)29-24/h1-7H,(H,26,27). The van der Waals surface area contributed by atoms with Gasteiger partial charge in [0.25, 0.3) is 0 Å². The third kappa shape index (κ3) is 2.89. The third-order valence-electron chi connectivity index (χ3n) is 4.25. The molecule has 4 rings (SSSR count). The maximum absolute atomic E-state index is 14.7. The Kier molecular flexibility index (Phi) is 4.45. The number of pyridine rings is 1. The number of para-hydroxylation sites is 1. The number of fused-ring (bicyclic) bond motifs is 1. The molecule has 2 aromatic carbocycles. The summed E-state index contributed by atoms with van der Waals surface area (Å²) in [6.07, 6.45) is 2.38. The summed E-state index contributed by atoms with van der Waals surface area (Å²) in [4.78, 5) is 24.6. The number of rotatable bonds is 3. The Hall–Kier alpha value is -3.82. The number of imidazole rings is 1. The van der Waals surface area contributed by atoms with Gasteiger partial charge in [-0.05, 0) is 18.2 Å². The highest BCUT2D eigenvalue weighted by atomic mass is 19.3. The van der Waals surface area contributed by atoms with E-state index in [1.807, 2.05) is 0 Å². The number of nitrogens with one attached hydrogen (secondary N) is 1. The number of nitrogens with zero attached hydrogens (tertiary/aromatic N) is 2. The molecule has 146 valence electrons. The second-order valence-electron chi connectivity index (χ2n) is 5.90. The van der Waals surface area contributed by atoms with E-state index in [0.29, 0.717) is 0 Å². The molecule has 10 heteroatoms. The van der Waals surface area contributed by atoms with Crippen molar-refractivity contribution in [3.05, 3.63) is 71.6 Å². The molecular weight excluding hydrogens is 397 g/mol. The summed E-state index contributed by atoms with van der Waals surface area (Å²) in [5, 5.41) is 0. The molecule has 0 radical (unpaired) electrons. The van der Waals surface area contributed by atoms with E-state index in [9.17, 15) is 26.9 Å². The molecule has 0 fully saturated rings. The van der Waals surface area contributed by atoms with Crippen LogP contribution in [0.4, 0.5) is 22.1 Å². The molecule has 0 atom stereocenters. The normalized spacial score (nSPS) is 11.1. The number of carbonyl (C=O) groups is 1. The minimum absolute atomic E-state index is 0.0684. The molecule has 4 aromatic rings. The molecule has 5 nitrogen and oxygen atoms in total. The van der Waals surface area contributed by atoms with Gasteiger partial charge >= 0.3 is 5.97 Å². The van der Waals surface area contributed by atoms with Crippen molar-refractivity contribution in [2.75, 3.05) is 0 Å². The molecule has 0 spiro atoms. The van der Waals surface area contributed by atoms with E-state index >= 15 is 0 Å². The lowest BCUT2D eigenvalue weighted by molar-refractivity contribution is -0.0786. The first-order valence-corrected chi connectivity index (χ1v) is 8.02. The van der Waals surface area contributed by atoms with Crippen LogP contribution in [0.1, 0.15) is 10.4 Å². The average molecular weight is 405 g/mol. The van der Waals surface area contributed by atoms with Crippen molar-refractivity contribution in [1.82, 2.24) is 15.0 Å². The SMILES string of the molecule is O=C(OF)c1cccc2[nH]c(-c3c(F)c(F)c(-c4cccnc4)c(F)c3F)nc12. The van der Waals surface area contributed by atoms with Gasteiger partial charge in [-0.15, -0.1) is 0 Å². The number of hydrogen-bond acceptors (Lipinski definition) is 4. The number of H-pyrrole nitrogens is 1. The molecule has 0 saturated heterocycles. The van der Waals surface area contributed by atoms with E-state index < -0.39 is 46.2 Å². The zero-order chi connectivity index (χ0) is 20.7. The van der Waals surface area contributed by atoms with E-state index in [4.69, 9.17) is 0 Å². The summed E-state index contributed by atoms with van der Waals surface area (Å²) in [7, 11) is 0. The largest absolute Gasteiger partial charge is 0.381 e. The predicted octanol–water partition coefficient (Wildman–Crippen LogP) is 4.89. The summed E-state index contributed by atoms with van der Waals surface area (Å²) in [6, 6.07) is 6.45. The highest BCUT2D eigenvalue weighted by Crippen LogP contribution is 2.36. The molecule has 2 heterocycles. The topological polar surface area (TPSA) is 67.9 Å². The molecular formula is C19H8F5N3O2. The fourth-order valence-corrected chi connectivity index (χ4v) is 2.96. The molecule has 0 aliphatic carbocycles. The fourth-order valence-electron chi connectivity index (χ4n) is 2.96. The number of halogens is 5. The van der Waals surface area contributed by atoms with Crippen LogP contribution in [0.5, 0.6) is 0 Å². The summed E-state index contributed by atoms with van der Waals surface area (Å²) < 4.78 is 70.9. The fraction of sp³-hybridized carbons (Fsp3) is 0. The minimum Gasteiger partial charge on any atom is -0.338 e. The molecule has 0 aliphatic rings. The van der Waals surface area contributed by atoms with Gasteiger partial charge in [0, 0.05) is 22.5 Å². The Morgan fingerprint density at radius 3 is 2.24 bits per heavy atom. The van der Waals surface area contributed by atoms with Crippen LogP contribution < -0.4 is 0 Å². The third-order valence-corrected chi connectivity index (χ3v) is 4.25. The van der Waals surface area contributed by atoms with Crippen molar-refractivity contribution in [3.8, 4) is 22.5 Å². The number of hydrogen-bond donors (Lipinski definition) is 1. The zero-order valence-corrected chi connectivity index (χ0v) is 14.1. The van der Waals surface area contributed by atoms with Gasteiger partial charge in [0.1, 0.15) is 11.3 Å². The summed E-state index contributed by atoms with van der Waals surface area (Å²) in [5.74, 6) is -8.66. The maximum Gasteiger partial charge on any atom is 0.381 e. The Labute approximate surface area is 158 Å². The van der Waals surface area contributed by atoms with Crippen molar-refractivity contribution in [1.29, 1.82) is 0 Å². The van der Waals surface area contributed by atoms with Gasteiger partial charge < -0.3 is 4.98 Å². The molecule has 0 amide bonds. The van der Waals surface area contributed by atoms with Crippen LogP contribution in [0.25, 0.3) is 33.5 Å². The molecule has 0 saturated carbocycles. The van der Waals surface area contributed by atoms with Gasteiger partial charge in [0.2, 0.25) is 0 Å². The first-order valence-electron chi connectivity index (χ1n) is 8.02. The second kappa shape index (κ2) is 6.97. The lowest BCUT2D eigenvalue weighted by Gasteiger charge is -2.10. The van der Waals surface area contributed by atoms with Crippen molar-refractivity contribution in [3.63, 3.8) is 0 Å². The van der Waals surface area contributed by atoms with Gasteiger partial charge in [0.05, 0.1) is 22.2 Å². The van der Waals surface area contributed by atoms with Crippen LogP contribution in [0.15, 0.2) is 42.7 Å². The lowest BCUT2D eigenvalue weighted by atomic mass is 10.0. The quantitative estimate of drug-likeness (QED) is 0.389. The Morgan fingerprint density at radius 1 is 0.931 bits per heavy atom. The van der Waals surface area contributed by atoms with Gasteiger partial charge in [-0.3, -0.25) is 4.98 Å². The first kappa shape index (κ1) is 18.5. The lowest BCUT2D eigenvalue weighted by Crippen LogP contribution is -2.04. The average Bonchev–Trinajstić information content (AvgIpc) is 3.16. The zero-order valence-electron chi connectivity index (χ0n) is 14.1. The van der Waals surface area contributed by atoms with Crippen LogP contribution in [0.2, 0.25) is 0 Å². The minimum atomic E-state index is -1.70. The summed E-state index contributed by atoms with van der Waals surface area (Å²) in [5.41, 5.74) is -2.66. The summed E-state index contributed by atoms with van der Waals surface area (Å²) in [6.45, 7) is 0. The summed E-state index contributed by atoms with van der Waals surface area (Å²) >= 11 is 0. The number of benzene rings is 2. The molecule has 2 aromatic heterocycles. The van der Waals surface area contributed by atoms with E-state index in [-0.39, 0.29) is 22.2 Å². The first-order chi connectivity index (χ1) is 13.9. The highest BCUT2D eigenvalue weighted by Gasteiger charge is 2.29. The Balaban J connectivity index is 1.96. The van der Waals surface area contributed by atoms with E-state index in [1.165, 1.54) is 30.5 Å². The van der Waals surface area contributed by atoms with Crippen molar-refractivity contribution in [2.24, 2.45) is 0 Å². The molecule has 0 bridgehead atoms. The highest BCUT2D eigenvalue weighted by molar-refractivity contribution is 6.02. The van der Waals surface area contributed by atoms with Crippen LogP contribution >= 0.6 is 0 Å². The van der Waals surface area contributed by atoms with Crippen molar-refractivity contribution in [2.45, 2.75) is 0 Å². The van der Waals surface area contributed by atoms with Gasteiger partial charge in [-0.1, -0.05) is 12.1 Å². The molecule has 0 aliphatic heterocycles. The predicted molar refractivity (Wildman–Crippen MR) is 91.1 cm³/mol. The smallest absolute Gasteiger partial charge is 0.338 e. The van der Waals surface area contributed by atoms with E-state index in [2.05, 4.69) is 19.9 Å². The molecule has 0 unspecified atom stereocenters. The van der Waals surface area contributed by atoms with Crippen LogP contribution in [-0.4, -0.2) is 20.9 Å². The molecule has 1 N–H and O–H groups in total. The van der Waals surface area contributed by atoms with E-state index in [0.717, 1.165) is 12.3 Å². The van der Waals surface area contributed by atoms with Gasteiger partial charge in [-0.25, -0.2) is 32.3 Å². The molecule has 29 heavy (non-hydrogen) atoms. The number of aromatic amines is 1. The number of carbonyl (C=O) groups excluding carboxylic acids is 1. The van der Waals surface area contributed by atoms with Crippen LogP contribution in [0, 0.1) is 23.3 Å². The number of aromatic nitrogens is 3. The van der Waals surface area contributed by atoms with Crippen LogP contribution in [0.3, 0.4) is 0 Å². The van der Waals surface area contributed by atoms with Crippen LogP contribution in [-0.2, 0) is 4.94 Å². The van der Waals surface area contributed by atoms with Crippen molar-refractivity contribution >= 4 is 17.0 Å². The monoisotopic (exact) mass is 405 g/mol. The van der Waals surface area contributed by atoms with E-state index in [1.54, 1.807) is 0 Å². The maximum atomic E-state index is 14.7. The van der Waals surface area contributed by atoms with Gasteiger partial charge in [-0.2, -0.15) is 0 Å². The Bertz CT molecular complexity index is 1230.